The Labute approximate surface area is 107 Å². The average Bonchev–Trinajstić information content (AvgIpc) is 2.37. The van der Waals surface area contributed by atoms with Crippen molar-refractivity contribution in [3.8, 4) is 5.75 Å². The minimum absolute atomic E-state index is 0.243. The number of ether oxygens (including phenoxy) is 1. The Bertz CT molecular complexity index is 467. The standard InChI is InChI=1S/C14H19FN2O/c1-4-6-14(12(15)5-2)18-11-7-8-13(17-16)10(3)9-11/h4,6-9,17H,5,16H2,1-3H3/b6-4-,14-12-. The molecule has 0 aliphatic carbocycles. The van der Waals surface area contributed by atoms with Crippen molar-refractivity contribution >= 4 is 5.69 Å². The smallest absolute Gasteiger partial charge is 0.158 e. The van der Waals surface area contributed by atoms with Gasteiger partial charge < -0.3 is 10.2 Å². The summed E-state index contributed by atoms with van der Waals surface area (Å²) in [6, 6.07) is 5.35. The summed E-state index contributed by atoms with van der Waals surface area (Å²) in [6.45, 7) is 5.46. The number of nitrogen functional groups attached to an aromatic ring is 1. The zero-order valence-corrected chi connectivity index (χ0v) is 11.0. The maximum Gasteiger partial charge on any atom is 0.158 e. The van der Waals surface area contributed by atoms with Gasteiger partial charge >= 0.3 is 0 Å². The average molecular weight is 250 g/mol. The Kier molecular flexibility index (Phi) is 5.39. The Morgan fingerprint density at radius 3 is 2.72 bits per heavy atom. The van der Waals surface area contributed by atoms with E-state index in [2.05, 4.69) is 5.43 Å². The number of nitrogens with one attached hydrogen (secondary N) is 1. The van der Waals surface area contributed by atoms with Crippen LogP contribution in [0.2, 0.25) is 0 Å². The summed E-state index contributed by atoms with van der Waals surface area (Å²) in [5.74, 6) is 5.91. The number of hydrogen-bond acceptors (Lipinski definition) is 3. The first kappa shape index (κ1) is 14.3. The highest BCUT2D eigenvalue weighted by atomic mass is 19.1. The summed E-state index contributed by atoms with van der Waals surface area (Å²) in [7, 11) is 0. The summed E-state index contributed by atoms with van der Waals surface area (Å²) < 4.78 is 19.1. The van der Waals surface area contributed by atoms with E-state index in [1.54, 1.807) is 31.2 Å². The first-order valence-corrected chi connectivity index (χ1v) is 5.88. The van der Waals surface area contributed by atoms with Crippen molar-refractivity contribution < 1.29 is 9.13 Å². The highest BCUT2D eigenvalue weighted by Crippen LogP contribution is 2.24. The number of hydrazine groups is 1. The minimum atomic E-state index is -0.272. The van der Waals surface area contributed by atoms with Gasteiger partial charge in [0.2, 0.25) is 0 Å². The van der Waals surface area contributed by atoms with Crippen LogP contribution in [0.25, 0.3) is 0 Å². The van der Waals surface area contributed by atoms with Gasteiger partial charge in [0.05, 0.1) is 5.69 Å². The monoisotopic (exact) mass is 250 g/mol. The van der Waals surface area contributed by atoms with E-state index < -0.39 is 0 Å². The zero-order valence-electron chi connectivity index (χ0n) is 11.0. The van der Waals surface area contributed by atoms with Gasteiger partial charge in [0.25, 0.3) is 0 Å². The molecule has 0 heterocycles. The molecule has 0 bridgehead atoms. The van der Waals surface area contributed by atoms with E-state index in [-0.39, 0.29) is 11.6 Å². The van der Waals surface area contributed by atoms with Gasteiger partial charge in [0, 0.05) is 6.42 Å². The van der Waals surface area contributed by atoms with Crippen LogP contribution >= 0.6 is 0 Å². The van der Waals surface area contributed by atoms with Gasteiger partial charge in [-0.25, -0.2) is 4.39 Å². The fraction of sp³-hybridized carbons (Fsp3) is 0.286. The number of hydrogen-bond donors (Lipinski definition) is 2. The molecule has 0 saturated carbocycles. The van der Waals surface area contributed by atoms with Crippen molar-refractivity contribution in [2.45, 2.75) is 27.2 Å². The summed E-state index contributed by atoms with van der Waals surface area (Å²) in [6.07, 6.45) is 3.66. The molecule has 4 heteroatoms. The third-order valence-corrected chi connectivity index (χ3v) is 2.48. The number of rotatable bonds is 5. The molecule has 0 atom stereocenters. The molecule has 0 aliphatic heterocycles. The van der Waals surface area contributed by atoms with Gasteiger partial charge in [-0.05, 0) is 43.7 Å². The van der Waals surface area contributed by atoms with Crippen LogP contribution in [-0.2, 0) is 0 Å². The van der Waals surface area contributed by atoms with E-state index >= 15 is 0 Å². The zero-order chi connectivity index (χ0) is 13.5. The quantitative estimate of drug-likeness (QED) is 0.361. The molecular weight excluding hydrogens is 231 g/mol. The van der Waals surface area contributed by atoms with Crippen LogP contribution in [0.3, 0.4) is 0 Å². The third-order valence-electron chi connectivity index (χ3n) is 2.48. The molecule has 0 spiro atoms. The van der Waals surface area contributed by atoms with Crippen molar-refractivity contribution in [3.05, 3.63) is 47.5 Å². The molecule has 1 aromatic carbocycles. The number of halogens is 1. The number of benzene rings is 1. The lowest BCUT2D eigenvalue weighted by Gasteiger charge is -2.10. The van der Waals surface area contributed by atoms with Crippen LogP contribution in [0.4, 0.5) is 10.1 Å². The van der Waals surface area contributed by atoms with Crippen molar-refractivity contribution in [2.24, 2.45) is 5.84 Å². The van der Waals surface area contributed by atoms with Gasteiger partial charge in [-0.15, -0.1) is 0 Å². The van der Waals surface area contributed by atoms with Gasteiger partial charge in [0.1, 0.15) is 11.6 Å². The number of allylic oxidation sites excluding steroid dienone is 3. The Balaban J connectivity index is 2.99. The van der Waals surface area contributed by atoms with E-state index in [4.69, 9.17) is 10.6 Å². The molecule has 0 amide bonds. The molecule has 1 aromatic rings. The first-order valence-electron chi connectivity index (χ1n) is 5.88. The van der Waals surface area contributed by atoms with Gasteiger partial charge in [-0.1, -0.05) is 13.0 Å². The summed E-state index contributed by atoms with van der Waals surface area (Å²) in [5, 5.41) is 0. The summed E-state index contributed by atoms with van der Waals surface area (Å²) in [5.41, 5.74) is 4.33. The molecule has 3 nitrogen and oxygen atoms in total. The Morgan fingerprint density at radius 1 is 1.50 bits per heavy atom. The van der Waals surface area contributed by atoms with Crippen molar-refractivity contribution in [2.75, 3.05) is 5.43 Å². The maximum atomic E-state index is 13.6. The maximum absolute atomic E-state index is 13.6. The largest absolute Gasteiger partial charge is 0.455 e. The van der Waals surface area contributed by atoms with E-state index in [0.29, 0.717) is 12.2 Å². The summed E-state index contributed by atoms with van der Waals surface area (Å²) in [4.78, 5) is 0. The predicted molar refractivity (Wildman–Crippen MR) is 72.9 cm³/mol. The van der Waals surface area contributed by atoms with Crippen LogP contribution in [-0.4, -0.2) is 0 Å². The van der Waals surface area contributed by atoms with Gasteiger partial charge in [-0.2, -0.15) is 0 Å². The lowest BCUT2D eigenvalue weighted by molar-refractivity contribution is 0.407. The highest BCUT2D eigenvalue weighted by Gasteiger charge is 2.06. The Hall–Kier alpha value is -1.81. The van der Waals surface area contributed by atoms with E-state index in [1.807, 2.05) is 19.9 Å². The molecule has 0 radical (unpaired) electrons. The van der Waals surface area contributed by atoms with E-state index in [9.17, 15) is 4.39 Å². The second-order valence-corrected chi connectivity index (χ2v) is 3.85. The van der Waals surface area contributed by atoms with Crippen molar-refractivity contribution in [1.29, 1.82) is 0 Å². The molecule has 3 N–H and O–H groups in total. The van der Waals surface area contributed by atoms with E-state index in [1.165, 1.54) is 0 Å². The molecule has 0 fully saturated rings. The van der Waals surface area contributed by atoms with Crippen LogP contribution in [0.1, 0.15) is 25.8 Å². The number of anilines is 1. The van der Waals surface area contributed by atoms with Crippen LogP contribution in [0.15, 0.2) is 41.9 Å². The molecular formula is C14H19FN2O. The fourth-order valence-electron chi connectivity index (χ4n) is 1.49. The number of nitrogens with two attached hydrogens (primary N) is 1. The molecule has 0 saturated heterocycles. The van der Waals surface area contributed by atoms with Gasteiger partial charge in [0.15, 0.2) is 5.76 Å². The van der Waals surface area contributed by atoms with E-state index in [0.717, 1.165) is 11.3 Å². The van der Waals surface area contributed by atoms with Crippen LogP contribution in [0.5, 0.6) is 5.75 Å². The summed E-state index contributed by atoms with van der Waals surface area (Å²) >= 11 is 0. The number of aryl methyl sites for hydroxylation is 1. The third kappa shape index (κ3) is 3.60. The molecule has 98 valence electrons. The van der Waals surface area contributed by atoms with Crippen LogP contribution < -0.4 is 16.0 Å². The molecule has 1 rings (SSSR count). The lowest BCUT2D eigenvalue weighted by Crippen LogP contribution is -2.08. The normalized spacial score (nSPS) is 12.5. The predicted octanol–water partition coefficient (Wildman–Crippen LogP) is 3.83. The Morgan fingerprint density at radius 2 is 2.22 bits per heavy atom. The minimum Gasteiger partial charge on any atom is -0.455 e. The fourth-order valence-corrected chi connectivity index (χ4v) is 1.49. The second-order valence-electron chi connectivity index (χ2n) is 3.85. The first-order chi connectivity index (χ1) is 8.62. The molecule has 0 unspecified atom stereocenters. The molecule has 0 aliphatic rings. The SMILES string of the molecule is C/C=C\C(Oc1ccc(NN)c(C)c1)=C(\F)CC. The topological polar surface area (TPSA) is 47.3 Å². The van der Waals surface area contributed by atoms with Gasteiger partial charge in [-0.3, -0.25) is 5.84 Å². The lowest BCUT2D eigenvalue weighted by atomic mass is 10.2. The van der Waals surface area contributed by atoms with Crippen LogP contribution in [0, 0.1) is 6.92 Å². The molecule has 18 heavy (non-hydrogen) atoms. The van der Waals surface area contributed by atoms with Crippen molar-refractivity contribution in [1.82, 2.24) is 0 Å². The van der Waals surface area contributed by atoms with Crippen molar-refractivity contribution in [3.63, 3.8) is 0 Å². The highest BCUT2D eigenvalue weighted by molar-refractivity contribution is 5.53. The second kappa shape index (κ2) is 6.81. The molecule has 0 aromatic heterocycles.